The molecule has 82 valence electrons. The molecule has 0 aliphatic heterocycles. The molecule has 1 aromatic carbocycles. The summed E-state index contributed by atoms with van der Waals surface area (Å²) in [5.41, 5.74) is 1.58. The lowest BCUT2D eigenvalue weighted by Crippen LogP contribution is -2.05. The Hall–Kier alpha value is -1.68. The molecule has 0 fully saturated rings. The van der Waals surface area contributed by atoms with Gasteiger partial charge in [0.1, 0.15) is 5.15 Å². The predicted molar refractivity (Wildman–Crippen MR) is 60.9 cm³/mol. The number of benzene rings is 1. The van der Waals surface area contributed by atoms with Gasteiger partial charge < -0.3 is 5.11 Å². The van der Waals surface area contributed by atoms with Crippen LogP contribution in [-0.2, 0) is 6.42 Å². The van der Waals surface area contributed by atoms with Gasteiger partial charge in [0, 0.05) is 5.39 Å². The Balaban J connectivity index is 2.80. The Kier molecular flexibility index (Phi) is 2.75. The van der Waals surface area contributed by atoms with Crippen LogP contribution >= 0.6 is 11.6 Å². The van der Waals surface area contributed by atoms with Crippen molar-refractivity contribution in [2.75, 3.05) is 0 Å². The quantitative estimate of drug-likeness (QED) is 0.814. The van der Waals surface area contributed by atoms with Crippen molar-refractivity contribution in [1.82, 2.24) is 9.97 Å². The summed E-state index contributed by atoms with van der Waals surface area (Å²) in [5, 5.41) is 9.74. The largest absolute Gasteiger partial charge is 0.475 e. The van der Waals surface area contributed by atoms with Crippen molar-refractivity contribution in [2.45, 2.75) is 13.3 Å². The van der Waals surface area contributed by atoms with Crippen molar-refractivity contribution in [1.29, 1.82) is 0 Å². The highest BCUT2D eigenvalue weighted by molar-refractivity contribution is 6.34. The maximum Gasteiger partial charge on any atom is 0.374 e. The molecule has 16 heavy (non-hydrogen) atoms. The van der Waals surface area contributed by atoms with Crippen LogP contribution < -0.4 is 0 Å². The Morgan fingerprint density at radius 1 is 1.44 bits per heavy atom. The van der Waals surface area contributed by atoms with E-state index in [1.54, 1.807) is 6.07 Å². The second-order valence-corrected chi connectivity index (χ2v) is 3.67. The monoisotopic (exact) mass is 236 g/mol. The molecular weight excluding hydrogens is 228 g/mol. The maximum absolute atomic E-state index is 10.8. The smallest absolute Gasteiger partial charge is 0.374 e. The first-order valence-corrected chi connectivity index (χ1v) is 5.19. The second kappa shape index (κ2) is 4.06. The molecule has 0 aliphatic carbocycles. The highest BCUT2D eigenvalue weighted by atomic mass is 35.5. The molecule has 0 saturated heterocycles. The number of halogens is 1. The Morgan fingerprint density at radius 3 is 2.81 bits per heavy atom. The molecule has 1 N–H and O–H groups in total. The van der Waals surface area contributed by atoms with E-state index in [1.807, 2.05) is 19.1 Å². The average Bonchev–Trinajstić information content (AvgIpc) is 2.27. The summed E-state index contributed by atoms with van der Waals surface area (Å²) in [6.45, 7) is 2.00. The zero-order valence-electron chi connectivity index (χ0n) is 8.57. The summed E-state index contributed by atoms with van der Waals surface area (Å²) in [6.07, 6.45) is 0.798. The second-order valence-electron chi connectivity index (χ2n) is 3.31. The predicted octanol–water partition coefficient (Wildman–Crippen LogP) is 2.54. The van der Waals surface area contributed by atoms with Gasteiger partial charge in [-0.2, -0.15) is 0 Å². The van der Waals surface area contributed by atoms with E-state index in [0.29, 0.717) is 5.52 Å². The molecule has 1 heterocycles. The Morgan fingerprint density at radius 2 is 2.19 bits per heavy atom. The third-order valence-electron chi connectivity index (χ3n) is 2.34. The van der Waals surface area contributed by atoms with E-state index in [9.17, 15) is 4.79 Å². The molecule has 0 spiro atoms. The number of carboxylic acid groups (broad SMARTS) is 1. The summed E-state index contributed by atoms with van der Waals surface area (Å²) < 4.78 is 0. The molecule has 0 bridgehead atoms. The maximum atomic E-state index is 10.8. The van der Waals surface area contributed by atoms with E-state index in [4.69, 9.17) is 16.7 Å². The van der Waals surface area contributed by atoms with Crippen LogP contribution in [0.5, 0.6) is 0 Å². The first-order valence-electron chi connectivity index (χ1n) is 4.82. The molecule has 4 nitrogen and oxygen atoms in total. The fraction of sp³-hybridized carbons (Fsp3) is 0.182. The van der Waals surface area contributed by atoms with E-state index in [-0.39, 0.29) is 11.0 Å². The molecule has 5 heteroatoms. The first kappa shape index (κ1) is 10.8. The number of carboxylic acids is 1. The molecule has 0 atom stereocenters. The fourth-order valence-corrected chi connectivity index (χ4v) is 1.89. The van der Waals surface area contributed by atoms with Crippen molar-refractivity contribution >= 4 is 28.5 Å². The summed E-state index contributed by atoms with van der Waals surface area (Å²) in [6, 6.07) is 5.49. The zero-order valence-corrected chi connectivity index (χ0v) is 9.32. The number of nitrogens with zero attached hydrogens (tertiary/aromatic N) is 2. The van der Waals surface area contributed by atoms with Crippen LogP contribution in [0, 0.1) is 0 Å². The SMILES string of the molecule is CCc1cccc2nc(C(=O)O)nc(Cl)c12. The van der Waals surface area contributed by atoms with Gasteiger partial charge >= 0.3 is 5.97 Å². The van der Waals surface area contributed by atoms with Crippen LogP contribution in [-0.4, -0.2) is 21.0 Å². The van der Waals surface area contributed by atoms with E-state index < -0.39 is 5.97 Å². The number of aromatic carboxylic acids is 1. The highest BCUT2D eigenvalue weighted by Crippen LogP contribution is 2.24. The number of fused-ring (bicyclic) bond motifs is 1. The van der Waals surface area contributed by atoms with Crippen molar-refractivity contribution in [3.05, 3.63) is 34.7 Å². The summed E-state index contributed by atoms with van der Waals surface area (Å²) >= 11 is 5.98. The lowest BCUT2D eigenvalue weighted by Gasteiger charge is -2.05. The van der Waals surface area contributed by atoms with Gasteiger partial charge in [0.25, 0.3) is 0 Å². The highest BCUT2D eigenvalue weighted by Gasteiger charge is 2.13. The van der Waals surface area contributed by atoms with Crippen LogP contribution in [0.1, 0.15) is 23.1 Å². The molecule has 0 saturated carbocycles. The number of hydrogen-bond acceptors (Lipinski definition) is 3. The molecule has 0 aliphatic rings. The molecule has 0 radical (unpaired) electrons. The van der Waals surface area contributed by atoms with Gasteiger partial charge in [0.15, 0.2) is 0 Å². The van der Waals surface area contributed by atoms with Crippen molar-refractivity contribution < 1.29 is 9.90 Å². The van der Waals surface area contributed by atoms with E-state index >= 15 is 0 Å². The van der Waals surface area contributed by atoms with E-state index in [2.05, 4.69) is 9.97 Å². The molecule has 2 rings (SSSR count). The Bertz CT molecular complexity index is 569. The lowest BCUT2D eigenvalue weighted by molar-refractivity contribution is 0.0684. The number of rotatable bonds is 2. The van der Waals surface area contributed by atoms with E-state index in [1.165, 1.54) is 0 Å². The van der Waals surface area contributed by atoms with Crippen LogP contribution in [0.3, 0.4) is 0 Å². The summed E-state index contributed by atoms with van der Waals surface area (Å²) in [5.74, 6) is -1.45. The third-order valence-corrected chi connectivity index (χ3v) is 2.61. The minimum atomic E-state index is -1.18. The molecule has 0 unspecified atom stereocenters. The van der Waals surface area contributed by atoms with Crippen molar-refractivity contribution in [3.63, 3.8) is 0 Å². The van der Waals surface area contributed by atoms with Gasteiger partial charge in [0.2, 0.25) is 5.82 Å². The number of hydrogen-bond donors (Lipinski definition) is 1. The summed E-state index contributed by atoms with van der Waals surface area (Å²) in [4.78, 5) is 18.5. The zero-order chi connectivity index (χ0) is 11.7. The molecular formula is C11H9ClN2O2. The van der Waals surface area contributed by atoms with Gasteiger partial charge in [-0.15, -0.1) is 0 Å². The van der Waals surface area contributed by atoms with Crippen LogP contribution in [0.15, 0.2) is 18.2 Å². The van der Waals surface area contributed by atoms with Crippen LogP contribution in [0.4, 0.5) is 0 Å². The van der Waals surface area contributed by atoms with Crippen molar-refractivity contribution in [2.24, 2.45) is 0 Å². The van der Waals surface area contributed by atoms with E-state index in [0.717, 1.165) is 17.4 Å². The van der Waals surface area contributed by atoms with Crippen molar-refractivity contribution in [3.8, 4) is 0 Å². The minimum absolute atomic E-state index is 0.194. The molecule has 1 aromatic heterocycles. The van der Waals surface area contributed by atoms with Gasteiger partial charge in [-0.3, -0.25) is 0 Å². The molecule has 2 aromatic rings. The number of carbonyl (C=O) groups is 1. The van der Waals surface area contributed by atoms with Gasteiger partial charge in [-0.25, -0.2) is 14.8 Å². The normalized spacial score (nSPS) is 10.6. The fourth-order valence-electron chi connectivity index (χ4n) is 1.60. The standard InChI is InChI=1S/C11H9ClN2O2/c1-2-6-4-3-5-7-8(6)9(12)14-10(13-7)11(15)16/h3-5H,2H2,1H3,(H,15,16). The summed E-state index contributed by atoms with van der Waals surface area (Å²) in [7, 11) is 0. The first-order chi connectivity index (χ1) is 7.63. The Labute approximate surface area is 96.9 Å². The minimum Gasteiger partial charge on any atom is -0.475 e. The third kappa shape index (κ3) is 1.72. The van der Waals surface area contributed by atoms with Crippen LogP contribution in [0.25, 0.3) is 10.9 Å². The van der Waals surface area contributed by atoms with Crippen LogP contribution in [0.2, 0.25) is 5.15 Å². The molecule has 0 amide bonds. The van der Waals surface area contributed by atoms with Gasteiger partial charge in [0.05, 0.1) is 5.52 Å². The van der Waals surface area contributed by atoms with Gasteiger partial charge in [-0.1, -0.05) is 30.7 Å². The average molecular weight is 237 g/mol. The topological polar surface area (TPSA) is 63.1 Å². The van der Waals surface area contributed by atoms with Gasteiger partial charge in [-0.05, 0) is 18.1 Å². The number of aromatic nitrogens is 2. The number of aryl methyl sites for hydroxylation is 1. The lowest BCUT2D eigenvalue weighted by atomic mass is 10.1.